The Bertz CT molecular complexity index is 385. The third-order valence-corrected chi connectivity index (χ3v) is 8.58. The van der Waals surface area contributed by atoms with E-state index < -0.39 is 8.32 Å². The average molecular weight is 281 g/mol. The molecule has 1 aromatic rings. The van der Waals surface area contributed by atoms with Crippen molar-refractivity contribution in [1.82, 2.24) is 4.98 Å². The van der Waals surface area contributed by atoms with Crippen molar-refractivity contribution in [1.29, 1.82) is 0 Å². The predicted octanol–water partition coefficient (Wildman–Crippen LogP) is 4.71. The number of thioether (sulfide) groups is 1. The van der Waals surface area contributed by atoms with Gasteiger partial charge in [-0.1, -0.05) is 44.7 Å². The van der Waals surface area contributed by atoms with Crippen LogP contribution in [-0.4, -0.2) is 19.9 Å². The lowest BCUT2D eigenvalue weighted by Crippen LogP contribution is -2.40. The molecule has 1 aromatic heterocycles. The Morgan fingerprint density at radius 2 is 2.06 bits per heavy atom. The summed E-state index contributed by atoms with van der Waals surface area (Å²) in [7, 11) is -1.61. The number of hydrogen-bond acceptors (Lipinski definition) is 3. The van der Waals surface area contributed by atoms with E-state index in [2.05, 4.69) is 50.3 Å². The molecular weight excluding hydrogens is 258 g/mol. The van der Waals surface area contributed by atoms with Crippen LogP contribution in [0.3, 0.4) is 0 Å². The van der Waals surface area contributed by atoms with Crippen molar-refractivity contribution in [2.45, 2.75) is 43.9 Å². The SMILES string of the molecule is CC(C)(C)[Si](C)(C)OCC=CSc1ccccn1. The van der Waals surface area contributed by atoms with Crippen molar-refractivity contribution in [2.75, 3.05) is 6.61 Å². The number of pyridine rings is 1. The maximum atomic E-state index is 6.05. The largest absolute Gasteiger partial charge is 0.413 e. The molecule has 0 aromatic carbocycles. The van der Waals surface area contributed by atoms with Crippen LogP contribution in [0, 0.1) is 0 Å². The second kappa shape index (κ2) is 6.54. The van der Waals surface area contributed by atoms with Crippen molar-refractivity contribution in [3.05, 3.63) is 35.9 Å². The second-order valence-corrected chi connectivity index (χ2v) is 11.5. The van der Waals surface area contributed by atoms with E-state index in [9.17, 15) is 0 Å². The summed E-state index contributed by atoms with van der Waals surface area (Å²) in [6.07, 6.45) is 3.88. The lowest BCUT2D eigenvalue weighted by Gasteiger charge is -2.35. The van der Waals surface area contributed by atoms with E-state index in [0.717, 1.165) is 5.03 Å². The van der Waals surface area contributed by atoms with Gasteiger partial charge in [-0.3, -0.25) is 0 Å². The minimum absolute atomic E-state index is 0.273. The maximum Gasteiger partial charge on any atom is 0.192 e. The molecule has 1 rings (SSSR count). The van der Waals surface area contributed by atoms with Crippen LogP contribution in [0.25, 0.3) is 0 Å². The Morgan fingerprint density at radius 1 is 1.33 bits per heavy atom. The van der Waals surface area contributed by atoms with E-state index in [1.807, 2.05) is 24.4 Å². The van der Waals surface area contributed by atoms with Crippen molar-refractivity contribution < 1.29 is 4.43 Å². The van der Waals surface area contributed by atoms with Crippen LogP contribution in [0.1, 0.15) is 20.8 Å². The standard InChI is InChI=1S/C14H23NOSSi/c1-14(2,3)18(4,5)16-11-8-12-17-13-9-6-7-10-15-13/h6-10,12H,11H2,1-5H3. The Hall–Kier alpha value is -0.583. The maximum absolute atomic E-state index is 6.05. The van der Waals surface area contributed by atoms with Gasteiger partial charge in [-0.05, 0) is 35.7 Å². The summed E-state index contributed by atoms with van der Waals surface area (Å²) in [4.78, 5) is 4.24. The quantitative estimate of drug-likeness (QED) is 0.576. The number of aromatic nitrogens is 1. The minimum Gasteiger partial charge on any atom is -0.413 e. The predicted molar refractivity (Wildman–Crippen MR) is 82.4 cm³/mol. The molecule has 0 aliphatic heterocycles. The van der Waals surface area contributed by atoms with Gasteiger partial charge < -0.3 is 4.43 Å². The summed E-state index contributed by atoms with van der Waals surface area (Å²) in [5, 5.41) is 3.34. The van der Waals surface area contributed by atoms with Gasteiger partial charge in [0.15, 0.2) is 8.32 Å². The highest BCUT2D eigenvalue weighted by atomic mass is 32.2. The molecule has 4 heteroatoms. The van der Waals surface area contributed by atoms with E-state index in [4.69, 9.17) is 4.43 Å². The van der Waals surface area contributed by atoms with Crippen LogP contribution in [0.15, 0.2) is 40.9 Å². The van der Waals surface area contributed by atoms with Crippen molar-refractivity contribution in [2.24, 2.45) is 0 Å². The smallest absolute Gasteiger partial charge is 0.192 e. The normalized spacial score (nSPS) is 13.2. The number of nitrogens with zero attached hydrogens (tertiary/aromatic N) is 1. The van der Waals surface area contributed by atoms with Gasteiger partial charge in [0.2, 0.25) is 0 Å². The highest BCUT2D eigenvalue weighted by Crippen LogP contribution is 2.36. The molecule has 0 bridgehead atoms. The van der Waals surface area contributed by atoms with Crippen LogP contribution in [0.4, 0.5) is 0 Å². The van der Waals surface area contributed by atoms with Crippen molar-refractivity contribution in [3.63, 3.8) is 0 Å². The number of rotatable bonds is 5. The van der Waals surface area contributed by atoms with E-state index in [0.29, 0.717) is 6.61 Å². The third kappa shape index (κ3) is 4.96. The van der Waals surface area contributed by atoms with Crippen LogP contribution in [0.2, 0.25) is 18.1 Å². The molecule has 0 N–H and O–H groups in total. The third-order valence-electron chi connectivity index (χ3n) is 3.27. The molecule has 2 nitrogen and oxygen atoms in total. The van der Waals surface area contributed by atoms with E-state index in [1.165, 1.54) is 0 Å². The van der Waals surface area contributed by atoms with Crippen molar-refractivity contribution in [3.8, 4) is 0 Å². The molecule has 0 atom stereocenters. The Labute approximate surface area is 116 Å². The second-order valence-electron chi connectivity index (χ2n) is 5.73. The zero-order valence-corrected chi connectivity index (χ0v) is 13.8. The summed E-state index contributed by atoms with van der Waals surface area (Å²) in [5.41, 5.74) is 0. The fraction of sp³-hybridized carbons (Fsp3) is 0.500. The molecule has 0 aliphatic carbocycles. The van der Waals surface area contributed by atoms with Gasteiger partial charge >= 0.3 is 0 Å². The van der Waals surface area contributed by atoms with Gasteiger partial charge in [0.1, 0.15) is 5.03 Å². The monoisotopic (exact) mass is 281 g/mol. The summed E-state index contributed by atoms with van der Waals surface area (Å²) in [5.74, 6) is 0. The molecule has 1 heterocycles. The molecule has 0 spiro atoms. The molecule has 0 saturated carbocycles. The van der Waals surface area contributed by atoms with Gasteiger partial charge in [-0.25, -0.2) is 4.98 Å². The lowest BCUT2D eigenvalue weighted by molar-refractivity contribution is 0.328. The van der Waals surface area contributed by atoms with Gasteiger partial charge in [0.05, 0.1) is 6.61 Å². The fourth-order valence-corrected chi connectivity index (χ4v) is 2.59. The van der Waals surface area contributed by atoms with Gasteiger partial charge in [0, 0.05) is 6.20 Å². The molecular formula is C14H23NOSSi. The highest BCUT2D eigenvalue weighted by molar-refractivity contribution is 8.02. The fourth-order valence-electron chi connectivity index (χ4n) is 1.05. The van der Waals surface area contributed by atoms with Gasteiger partial charge in [-0.15, -0.1) is 0 Å². The first-order valence-electron chi connectivity index (χ1n) is 6.19. The average Bonchev–Trinajstić information content (AvgIpc) is 2.28. The molecule has 0 aliphatic rings. The summed E-state index contributed by atoms with van der Waals surface area (Å²) < 4.78 is 6.05. The van der Waals surface area contributed by atoms with Crippen LogP contribution in [-0.2, 0) is 4.43 Å². The van der Waals surface area contributed by atoms with Crippen LogP contribution >= 0.6 is 11.8 Å². The van der Waals surface area contributed by atoms with E-state index >= 15 is 0 Å². The molecule has 0 unspecified atom stereocenters. The number of hydrogen-bond donors (Lipinski definition) is 0. The minimum atomic E-state index is -1.61. The first-order valence-corrected chi connectivity index (χ1v) is 9.98. The first kappa shape index (κ1) is 15.5. The Morgan fingerprint density at radius 3 is 2.61 bits per heavy atom. The van der Waals surface area contributed by atoms with Gasteiger partial charge in [0.25, 0.3) is 0 Å². The summed E-state index contributed by atoms with van der Waals surface area (Å²) >= 11 is 1.62. The van der Waals surface area contributed by atoms with E-state index in [1.54, 1.807) is 11.8 Å². The van der Waals surface area contributed by atoms with Crippen molar-refractivity contribution >= 4 is 20.1 Å². The molecule has 18 heavy (non-hydrogen) atoms. The zero-order chi connectivity index (χ0) is 13.6. The Balaban J connectivity index is 2.34. The summed E-state index contributed by atoms with van der Waals surface area (Å²) in [6.45, 7) is 12.0. The van der Waals surface area contributed by atoms with E-state index in [-0.39, 0.29) is 5.04 Å². The molecule has 0 saturated heterocycles. The zero-order valence-electron chi connectivity index (χ0n) is 11.9. The first-order chi connectivity index (χ1) is 8.33. The molecule has 0 fully saturated rings. The Kier molecular flexibility index (Phi) is 5.63. The molecule has 100 valence electrons. The summed E-state index contributed by atoms with van der Waals surface area (Å²) in [6, 6.07) is 5.92. The topological polar surface area (TPSA) is 22.1 Å². The lowest BCUT2D eigenvalue weighted by atomic mass is 10.2. The molecule has 0 radical (unpaired) electrons. The molecule has 0 amide bonds. The van der Waals surface area contributed by atoms with Gasteiger partial charge in [-0.2, -0.15) is 0 Å². The highest BCUT2D eigenvalue weighted by Gasteiger charge is 2.36. The van der Waals surface area contributed by atoms with Crippen LogP contribution in [0.5, 0.6) is 0 Å². The van der Waals surface area contributed by atoms with Crippen LogP contribution < -0.4 is 0 Å².